The number of carbonyl (C=O) groups is 2. The molecule has 2 atom stereocenters. The van der Waals surface area contributed by atoms with Crippen LogP contribution in [0.25, 0.3) is 0 Å². The number of nitrogens with zero attached hydrogens (tertiary/aromatic N) is 1. The molecule has 1 rings (SSSR count). The SMILES string of the molecule is CC[C@H](C)[C@@H](C(=O)OCc1ccccc1)N(C)C(=O)OC(C)(C)C. The Morgan fingerprint density at radius 2 is 1.75 bits per heavy atom. The largest absolute Gasteiger partial charge is 0.459 e. The second-order valence-electron chi connectivity index (χ2n) is 7.01. The van der Waals surface area contributed by atoms with Gasteiger partial charge in [-0.1, -0.05) is 50.6 Å². The second-order valence-corrected chi connectivity index (χ2v) is 7.01. The number of likely N-dealkylation sites (N-methyl/N-ethyl adjacent to an activating group) is 1. The van der Waals surface area contributed by atoms with Crippen molar-refractivity contribution < 1.29 is 19.1 Å². The van der Waals surface area contributed by atoms with E-state index in [0.29, 0.717) is 0 Å². The minimum Gasteiger partial charge on any atom is -0.459 e. The molecule has 0 saturated heterocycles. The van der Waals surface area contributed by atoms with Crippen LogP contribution in [0, 0.1) is 5.92 Å². The Kier molecular flexibility index (Phi) is 7.26. The summed E-state index contributed by atoms with van der Waals surface area (Å²) in [6.45, 7) is 9.48. The maximum atomic E-state index is 12.6. The lowest BCUT2D eigenvalue weighted by atomic mass is 9.98. The predicted octanol–water partition coefficient (Wildman–Crippen LogP) is 4.01. The first-order chi connectivity index (χ1) is 11.2. The van der Waals surface area contributed by atoms with Crippen molar-refractivity contribution >= 4 is 12.1 Å². The Balaban J connectivity index is 2.80. The summed E-state index contributed by atoms with van der Waals surface area (Å²) in [6, 6.07) is 8.80. The third-order valence-electron chi connectivity index (χ3n) is 3.75. The Morgan fingerprint density at radius 1 is 1.17 bits per heavy atom. The summed E-state index contributed by atoms with van der Waals surface area (Å²) in [5.74, 6) is -0.452. The van der Waals surface area contributed by atoms with E-state index < -0.39 is 23.7 Å². The summed E-state index contributed by atoms with van der Waals surface area (Å²) in [5.41, 5.74) is 0.299. The van der Waals surface area contributed by atoms with Gasteiger partial charge in [-0.05, 0) is 32.3 Å². The van der Waals surface area contributed by atoms with Gasteiger partial charge in [0.25, 0.3) is 0 Å². The van der Waals surface area contributed by atoms with E-state index in [1.807, 2.05) is 44.2 Å². The average molecular weight is 335 g/mol. The van der Waals surface area contributed by atoms with Crippen molar-refractivity contribution in [3.63, 3.8) is 0 Å². The average Bonchev–Trinajstić information content (AvgIpc) is 2.52. The van der Waals surface area contributed by atoms with Gasteiger partial charge in [-0.25, -0.2) is 9.59 Å². The summed E-state index contributed by atoms with van der Waals surface area (Å²) in [4.78, 5) is 26.2. The summed E-state index contributed by atoms with van der Waals surface area (Å²) < 4.78 is 10.8. The minimum atomic E-state index is -0.673. The molecular formula is C19H29NO4. The highest BCUT2D eigenvalue weighted by molar-refractivity contribution is 5.81. The fraction of sp³-hybridized carbons (Fsp3) is 0.579. The highest BCUT2D eigenvalue weighted by Crippen LogP contribution is 2.19. The summed E-state index contributed by atoms with van der Waals surface area (Å²) in [6.07, 6.45) is 0.225. The number of ether oxygens (including phenoxy) is 2. The first-order valence-electron chi connectivity index (χ1n) is 8.32. The van der Waals surface area contributed by atoms with Crippen LogP contribution in [-0.4, -0.2) is 35.7 Å². The van der Waals surface area contributed by atoms with Crippen molar-refractivity contribution in [1.29, 1.82) is 0 Å². The molecule has 0 bridgehead atoms. The van der Waals surface area contributed by atoms with Crippen LogP contribution in [0.1, 0.15) is 46.6 Å². The first kappa shape index (κ1) is 20.0. The van der Waals surface area contributed by atoms with Gasteiger partial charge in [0.2, 0.25) is 0 Å². The van der Waals surface area contributed by atoms with Crippen molar-refractivity contribution in [1.82, 2.24) is 4.90 Å². The second kappa shape index (κ2) is 8.71. The molecule has 134 valence electrons. The van der Waals surface area contributed by atoms with Crippen LogP contribution in [0.2, 0.25) is 0 Å². The number of rotatable bonds is 6. The molecule has 0 heterocycles. The molecule has 0 saturated carbocycles. The molecule has 0 N–H and O–H groups in total. The van der Waals surface area contributed by atoms with Gasteiger partial charge in [0.15, 0.2) is 0 Å². The Labute approximate surface area is 144 Å². The zero-order valence-corrected chi connectivity index (χ0v) is 15.5. The first-order valence-corrected chi connectivity index (χ1v) is 8.32. The monoisotopic (exact) mass is 335 g/mol. The molecule has 5 nitrogen and oxygen atoms in total. The molecule has 1 aromatic rings. The van der Waals surface area contributed by atoms with E-state index in [-0.39, 0.29) is 12.5 Å². The maximum Gasteiger partial charge on any atom is 0.410 e. The number of esters is 1. The van der Waals surface area contributed by atoms with Crippen LogP contribution in [-0.2, 0) is 20.9 Å². The lowest BCUT2D eigenvalue weighted by Gasteiger charge is -2.32. The highest BCUT2D eigenvalue weighted by Gasteiger charge is 2.34. The van der Waals surface area contributed by atoms with Gasteiger partial charge < -0.3 is 9.47 Å². The lowest BCUT2D eigenvalue weighted by molar-refractivity contribution is -0.152. The van der Waals surface area contributed by atoms with E-state index in [1.165, 1.54) is 4.90 Å². The van der Waals surface area contributed by atoms with Crippen LogP contribution < -0.4 is 0 Å². The Bertz CT molecular complexity index is 536. The van der Waals surface area contributed by atoms with Crippen molar-refractivity contribution in [3.8, 4) is 0 Å². The van der Waals surface area contributed by atoms with Gasteiger partial charge in [0, 0.05) is 7.05 Å². The van der Waals surface area contributed by atoms with Gasteiger partial charge in [-0.3, -0.25) is 4.90 Å². The van der Waals surface area contributed by atoms with E-state index in [9.17, 15) is 9.59 Å². The van der Waals surface area contributed by atoms with Gasteiger partial charge >= 0.3 is 12.1 Å². The summed E-state index contributed by atoms with van der Waals surface area (Å²) in [5, 5.41) is 0. The molecule has 0 fully saturated rings. The molecule has 5 heteroatoms. The standard InChI is InChI=1S/C19H29NO4/c1-7-14(2)16(20(6)18(22)24-19(3,4)5)17(21)23-13-15-11-9-8-10-12-15/h8-12,14,16H,7,13H2,1-6H3/t14-,16-/m0/s1. The third-order valence-corrected chi connectivity index (χ3v) is 3.75. The van der Waals surface area contributed by atoms with Crippen molar-refractivity contribution in [2.45, 2.75) is 59.3 Å². The fourth-order valence-corrected chi connectivity index (χ4v) is 2.26. The molecule has 0 aromatic heterocycles. The molecule has 1 aromatic carbocycles. The summed E-state index contributed by atoms with van der Waals surface area (Å²) in [7, 11) is 1.58. The highest BCUT2D eigenvalue weighted by atomic mass is 16.6. The fourth-order valence-electron chi connectivity index (χ4n) is 2.26. The van der Waals surface area contributed by atoms with Gasteiger partial charge in [0.05, 0.1) is 0 Å². The van der Waals surface area contributed by atoms with Crippen molar-refractivity contribution in [2.75, 3.05) is 7.05 Å². The lowest BCUT2D eigenvalue weighted by Crippen LogP contribution is -2.48. The topological polar surface area (TPSA) is 55.8 Å². The molecular weight excluding hydrogens is 306 g/mol. The predicted molar refractivity (Wildman–Crippen MR) is 93.5 cm³/mol. The Morgan fingerprint density at radius 3 is 2.25 bits per heavy atom. The molecule has 0 aliphatic heterocycles. The van der Waals surface area contributed by atoms with E-state index in [1.54, 1.807) is 27.8 Å². The zero-order valence-electron chi connectivity index (χ0n) is 15.5. The minimum absolute atomic E-state index is 0.0363. The van der Waals surface area contributed by atoms with Crippen molar-refractivity contribution in [3.05, 3.63) is 35.9 Å². The normalized spacial score (nSPS) is 13.8. The molecule has 1 amide bonds. The molecule has 0 radical (unpaired) electrons. The quantitative estimate of drug-likeness (QED) is 0.737. The number of hydrogen-bond donors (Lipinski definition) is 0. The van der Waals surface area contributed by atoms with E-state index >= 15 is 0 Å². The Hall–Kier alpha value is -2.04. The number of benzene rings is 1. The number of amides is 1. The van der Waals surface area contributed by atoms with Crippen LogP contribution in [0.3, 0.4) is 0 Å². The number of carbonyl (C=O) groups excluding carboxylic acids is 2. The van der Waals surface area contributed by atoms with Crippen LogP contribution >= 0.6 is 0 Å². The number of hydrogen-bond acceptors (Lipinski definition) is 4. The molecule has 0 aliphatic carbocycles. The van der Waals surface area contributed by atoms with Crippen molar-refractivity contribution in [2.24, 2.45) is 5.92 Å². The van der Waals surface area contributed by atoms with E-state index in [2.05, 4.69) is 0 Å². The van der Waals surface area contributed by atoms with E-state index in [0.717, 1.165) is 12.0 Å². The third kappa shape index (κ3) is 6.22. The van der Waals surface area contributed by atoms with Crippen LogP contribution in [0.5, 0.6) is 0 Å². The van der Waals surface area contributed by atoms with Gasteiger partial charge in [-0.2, -0.15) is 0 Å². The van der Waals surface area contributed by atoms with Gasteiger partial charge in [-0.15, -0.1) is 0 Å². The zero-order chi connectivity index (χ0) is 18.3. The molecule has 0 spiro atoms. The van der Waals surface area contributed by atoms with E-state index in [4.69, 9.17) is 9.47 Å². The smallest absolute Gasteiger partial charge is 0.410 e. The summed E-state index contributed by atoms with van der Waals surface area (Å²) >= 11 is 0. The molecule has 24 heavy (non-hydrogen) atoms. The van der Waals surface area contributed by atoms with Crippen LogP contribution in [0.4, 0.5) is 4.79 Å². The molecule has 0 aliphatic rings. The maximum absolute atomic E-state index is 12.6. The molecule has 0 unspecified atom stereocenters. The van der Waals surface area contributed by atoms with Gasteiger partial charge in [0.1, 0.15) is 18.2 Å². The van der Waals surface area contributed by atoms with Crippen LogP contribution in [0.15, 0.2) is 30.3 Å².